The van der Waals surface area contributed by atoms with Crippen molar-refractivity contribution >= 4 is 23.4 Å². The molecule has 0 radical (unpaired) electrons. The molecule has 1 aromatic carbocycles. The summed E-state index contributed by atoms with van der Waals surface area (Å²) in [6, 6.07) is 2.77. The van der Waals surface area contributed by atoms with Crippen LogP contribution in [0.25, 0.3) is 0 Å². The molecule has 152 valence electrons. The molecule has 0 spiro atoms. The molecule has 2 aliphatic carbocycles. The van der Waals surface area contributed by atoms with Crippen molar-refractivity contribution in [1.82, 2.24) is 4.90 Å². The van der Waals surface area contributed by atoms with Gasteiger partial charge in [-0.25, -0.2) is 0 Å². The van der Waals surface area contributed by atoms with Crippen molar-refractivity contribution in [2.75, 3.05) is 12.1 Å². The van der Waals surface area contributed by atoms with Crippen LogP contribution in [-0.4, -0.2) is 35.5 Å². The lowest BCUT2D eigenvalue weighted by atomic mass is 9.85. The van der Waals surface area contributed by atoms with E-state index in [9.17, 15) is 14.4 Å². The number of amides is 3. The van der Waals surface area contributed by atoms with Gasteiger partial charge in [0.25, 0.3) is 0 Å². The number of hydrogen-bond acceptors (Lipinski definition) is 5. The second kappa shape index (κ2) is 6.61. The van der Waals surface area contributed by atoms with Gasteiger partial charge >= 0.3 is 0 Å². The highest BCUT2D eigenvalue weighted by Gasteiger charge is 2.60. The maximum atomic E-state index is 13.0. The Labute approximate surface area is 169 Å². The van der Waals surface area contributed by atoms with Gasteiger partial charge in [-0.1, -0.05) is 25.5 Å². The van der Waals surface area contributed by atoms with Crippen molar-refractivity contribution in [3.8, 4) is 11.5 Å². The number of rotatable bonds is 5. The molecule has 1 N–H and O–H groups in total. The van der Waals surface area contributed by atoms with Crippen molar-refractivity contribution in [3.05, 3.63) is 29.8 Å². The minimum atomic E-state index is -0.861. The predicted molar refractivity (Wildman–Crippen MR) is 104 cm³/mol. The first-order chi connectivity index (χ1) is 14.0. The van der Waals surface area contributed by atoms with Gasteiger partial charge in [-0.05, 0) is 43.2 Å². The molecule has 5 rings (SSSR count). The largest absolute Gasteiger partial charge is 0.454 e. The number of carbonyl (C=O) groups is 3. The second-order valence-electron chi connectivity index (χ2n) is 8.32. The van der Waals surface area contributed by atoms with E-state index in [0.29, 0.717) is 17.2 Å². The van der Waals surface area contributed by atoms with Crippen molar-refractivity contribution in [2.24, 2.45) is 23.7 Å². The molecule has 3 amide bonds. The third-order valence-electron chi connectivity index (χ3n) is 6.65. The van der Waals surface area contributed by atoms with Crippen molar-refractivity contribution in [3.63, 3.8) is 0 Å². The lowest BCUT2D eigenvalue weighted by Crippen LogP contribution is -2.46. The van der Waals surface area contributed by atoms with E-state index in [2.05, 4.69) is 24.4 Å². The number of anilines is 1. The molecule has 0 aromatic heterocycles. The highest BCUT2D eigenvalue weighted by Crippen LogP contribution is 2.52. The Bertz CT molecular complexity index is 909. The van der Waals surface area contributed by atoms with Gasteiger partial charge in [0.2, 0.25) is 24.5 Å². The third-order valence-corrected chi connectivity index (χ3v) is 6.65. The first-order valence-electron chi connectivity index (χ1n) is 10.3. The fraction of sp³-hybridized carbons (Fsp3) is 0.500. The maximum Gasteiger partial charge on any atom is 0.247 e. The van der Waals surface area contributed by atoms with Crippen LogP contribution in [0.4, 0.5) is 5.69 Å². The highest BCUT2D eigenvalue weighted by atomic mass is 16.7. The van der Waals surface area contributed by atoms with Gasteiger partial charge in [0.15, 0.2) is 11.5 Å². The number of benzene rings is 1. The summed E-state index contributed by atoms with van der Waals surface area (Å²) in [7, 11) is 0. The molecule has 7 nitrogen and oxygen atoms in total. The average molecular weight is 396 g/mol. The van der Waals surface area contributed by atoms with Crippen molar-refractivity contribution in [1.29, 1.82) is 0 Å². The van der Waals surface area contributed by atoms with Crippen LogP contribution in [0, 0.1) is 23.7 Å². The summed E-state index contributed by atoms with van der Waals surface area (Å²) in [5.41, 5.74) is 1.57. The Balaban J connectivity index is 1.37. The SMILES string of the molecule is CCCc1cc2c(cc1NC(=O)[C@@H](C)N1C(=O)[C@@H]3[C@H](C1=O)[C@H]1C=C[C@H]3C1)OCO2. The molecule has 4 aliphatic rings. The molecular weight excluding hydrogens is 372 g/mol. The maximum absolute atomic E-state index is 13.0. The molecule has 2 fully saturated rings. The van der Waals surface area contributed by atoms with Crippen LogP contribution in [0.2, 0.25) is 0 Å². The summed E-state index contributed by atoms with van der Waals surface area (Å²) >= 11 is 0. The van der Waals surface area contributed by atoms with Crippen LogP contribution in [0.5, 0.6) is 11.5 Å². The van der Waals surface area contributed by atoms with E-state index in [1.807, 2.05) is 6.07 Å². The molecule has 1 saturated carbocycles. The van der Waals surface area contributed by atoms with E-state index < -0.39 is 6.04 Å². The molecular formula is C22H24N2O5. The van der Waals surface area contributed by atoms with E-state index >= 15 is 0 Å². The normalized spacial score (nSPS) is 29.5. The van der Waals surface area contributed by atoms with Crippen molar-refractivity contribution < 1.29 is 23.9 Å². The molecule has 0 unspecified atom stereocenters. The van der Waals surface area contributed by atoms with Gasteiger partial charge in [-0.2, -0.15) is 0 Å². The Morgan fingerprint density at radius 1 is 1.14 bits per heavy atom. The minimum absolute atomic E-state index is 0.131. The number of allylic oxidation sites excluding steroid dienone is 2. The standard InChI is InChI=1S/C22H24N2O5/c1-3-4-12-8-16-17(29-10-28-16)9-15(12)23-20(25)11(2)24-21(26)18-13-5-6-14(7-13)19(18)22(24)27/h5-6,8-9,11,13-14,18-19H,3-4,7,10H2,1-2H3,(H,23,25)/t11-,13+,14+,18-,19+/m1/s1. The molecule has 1 aromatic rings. The topological polar surface area (TPSA) is 84.9 Å². The van der Waals surface area contributed by atoms with E-state index in [1.165, 1.54) is 4.90 Å². The molecule has 2 heterocycles. The lowest BCUT2D eigenvalue weighted by molar-refractivity contribution is -0.146. The Hall–Kier alpha value is -2.83. The summed E-state index contributed by atoms with van der Waals surface area (Å²) in [5.74, 6) is 0.126. The summed E-state index contributed by atoms with van der Waals surface area (Å²) in [6.45, 7) is 3.83. The van der Waals surface area contributed by atoms with E-state index in [4.69, 9.17) is 9.47 Å². The monoisotopic (exact) mass is 396 g/mol. The zero-order valence-electron chi connectivity index (χ0n) is 16.5. The summed E-state index contributed by atoms with van der Waals surface area (Å²) in [6.07, 6.45) is 6.64. The molecule has 1 saturated heterocycles. The van der Waals surface area contributed by atoms with Gasteiger partial charge < -0.3 is 14.8 Å². The number of imide groups is 1. The van der Waals surface area contributed by atoms with Crippen LogP contribution in [0.3, 0.4) is 0 Å². The Morgan fingerprint density at radius 3 is 2.38 bits per heavy atom. The van der Waals surface area contributed by atoms with Gasteiger partial charge in [-0.15, -0.1) is 0 Å². The number of fused-ring (bicyclic) bond motifs is 6. The summed E-state index contributed by atoms with van der Waals surface area (Å²) in [4.78, 5) is 40.1. The van der Waals surface area contributed by atoms with Crippen LogP contribution in [0.1, 0.15) is 32.3 Å². The lowest BCUT2D eigenvalue weighted by Gasteiger charge is -2.24. The van der Waals surface area contributed by atoms with Crippen LogP contribution < -0.4 is 14.8 Å². The smallest absolute Gasteiger partial charge is 0.247 e. The Kier molecular flexibility index (Phi) is 4.15. The number of likely N-dealkylation sites (tertiary alicyclic amines) is 1. The molecule has 2 aliphatic heterocycles. The van der Waals surface area contributed by atoms with E-state index in [1.54, 1.807) is 13.0 Å². The number of aryl methyl sites for hydroxylation is 1. The highest BCUT2D eigenvalue weighted by molar-refractivity contribution is 6.10. The van der Waals surface area contributed by atoms with Gasteiger partial charge in [-0.3, -0.25) is 19.3 Å². The fourth-order valence-electron chi connectivity index (χ4n) is 5.24. The van der Waals surface area contributed by atoms with Gasteiger partial charge in [0.1, 0.15) is 6.04 Å². The second-order valence-corrected chi connectivity index (χ2v) is 8.32. The number of carbonyl (C=O) groups excluding carboxylic acids is 3. The molecule has 2 bridgehead atoms. The number of hydrogen-bond donors (Lipinski definition) is 1. The van der Waals surface area contributed by atoms with Gasteiger partial charge in [0, 0.05) is 11.8 Å². The quantitative estimate of drug-likeness (QED) is 0.611. The number of nitrogens with zero attached hydrogens (tertiary/aromatic N) is 1. The van der Waals surface area contributed by atoms with Crippen molar-refractivity contribution in [2.45, 2.75) is 39.2 Å². The Morgan fingerprint density at radius 2 is 1.76 bits per heavy atom. The van der Waals surface area contributed by atoms with Crippen LogP contribution in [-0.2, 0) is 20.8 Å². The summed E-state index contributed by atoms with van der Waals surface area (Å²) < 4.78 is 10.9. The zero-order valence-corrected chi connectivity index (χ0v) is 16.5. The summed E-state index contributed by atoms with van der Waals surface area (Å²) in [5, 5.41) is 2.91. The first-order valence-corrected chi connectivity index (χ1v) is 10.3. The molecule has 7 heteroatoms. The fourth-order valence-corrected chi connectivity index (χ4v) is 5.24. The minimum Gasteiger partial charge on any atom is -0.454 e. The zero-order chi connectivity index (χ0) is 20.3. The van der Waals surface area contributed by atoms with E-state index in [-0.39, 0.29) is 48.2 Å². The first kappa shape index (κ1) is 18.2. The van der Waals surface area contributed by atoms with Crippen LogP contribution in [0.15, 0.2) is 24.3 Å². The number of ether oxygens (including phenoxy) is 2. The van der Waals surface area contributed by atoms with Gasteiger partial charge in [0.05, 0.1) is 11.8 Å². The number of nitrogens with one attached hydrogen (secondary N) is 1. The van der Waals surface area contributed by atoms with E-state index in [0.717, 1.165) is 24.8 Å². The third kappa shape index (κ3) is 2.67. The molecule has 29 heavy (non-hydrogen) atoms. The van der Waals surface area contributed by atoms with Crippen LogP contribution >= 0.6 is 0 Å². The average Bonchev–Trinajstić information content (AvgIpc) is 3.46. The predicted octanol–water partition coefficient (Wildman–Crippen LogP) is 2.50. The molecule has 5 atom stereocenters.